The van der Waals surface area contributed by atoms with Crippen LogP contribution in [0.1, 0.15) is 16.1 Å². The molecule has 0 atom stereocenters. The maximum Gasteiger partial charge on any atom is 0.274 e. The Kier molecular flexibility index (Phi) is 3.54. The molecular formula is C13H14N4O. The van der Waals surface area contributed by atoms with Crippen molar-refractivity contribution < 1.29 is 4.79 Å². The summed E-state index contributed by atoms with van der Waals surface area (Å²) in [4.78, 5) is 15.9. The molecule has 2 rings (SSSR count). The number of nitrogens with one attached hydrogen (secondary N) is 2. The van der Waals surface area contributed by atoms with Crippen molar-refractivity contribution in [2.24, 2.45) is 5.84 Å². The molecule has 0 radical (unpaired) electrons. The molecule has 5 heteroatoms. The van der Waals surface area contributed by atoms with Gasteiger partial charge < -0.3 is 10.7 Å². The molecule has 1 aromatic carbocycles. The first-order valence-electron chi connectivity index (χ1n) is 5.50. The molecule has 0 spiro atoms. The topological polar surface area (TPSA) is 80.0 Å². The molecule has 0 aliphatic carbocycles. The van der Waals surface area contributed by atoms with Crippen molar-refractivity contribution in [3.63, 3.8) is 0 Å². The average molecular weight is 242 g/mol. The first kappa shape index (κ1) is 12.1. The Hall–Kier alpha value is -2.40. The standard InChI is InChI=1S/C13H14N4O/c1-9-2-4-10(5-3-9)16-13(18)12-8-11(17-14)6-7-15-12/h2-8H,14H2,1H3,(H,15,17)(H,16,18). The van der Waals surface area contributed by atoms with Crippen molar-refractivity contribution in [2.75, 3.05) is 10.7 Å². The zero-order valence-corrected chi connectivity index (χ0v) is 9.97. The van der Waals surface area contributed by atoms with Gasteiger partial charge in [0.1, 0.15) is 5.69 Å². The number of amides is 1. The molecule has 92 valence electrons. The van der Waals surface area contributed by atoms with Crippen molar-refractivity contribution >= 4 is 17.3 Å². The van der Waals surface area contributed by atoms with Crippen LogP contribution in [0.2, 0.25) is 0 Å². The van der Waals surface area contributed by atoms with Crippen LogP contribution in [0.15, 0.2) is 42.6 Å². The van der Waals surface area contributed by atoms with E-state index in [0.717, 1.165) is 11.3 Å². The van der Waals surface area contributed by atoms with E-state index in [2.05, 4.69) is 15.7 Å². The second-order valence-electron chi connectivity index (χ2n) is 3.89. The molecule has 5 nitrogen and oxygen atoms in total. The summed E-state index contributed by atoms with van der Waals surface area (Å²) >= 11 is 0. The van der Waals surface area contributed by atoms with Gasteiger partial charge in [0, 0.05) is 11.9 Å². The molecule has 1 aromatic heterocycles. The number of hydrogen-bond donors (Lipinski definition) is 3. The second kappa shape index (κ2) is 5.29. The van der Waals surface area contributed by atoms with E-state index in [1.54, 1.807) is 12.1 Å². The third-order valence-electron chi connectivity index (χ3n) is 2.47. The summed E-state index contributed by atoms with van der Waals surface area (Å²) in [5, 5.41) is 2.77. The SMILES string of the molecule is Cc1ccc(NC(=O)c2cc(NN)ccn2)cc1. The summed E-state index contributed by atoms with van der Waals surface area (Å²) in [6.45, 7) is 1.99. The average Bonchev–Trinajstić information content (AvgIpc) is 2.41. The predicted molar refractivity (Wildman–Crippen MR) is 71.2 cm³/mol. The van der Waals surface area contributed by atoms with Crippen molar-refractivity contribution in [3.05, 3.63) is 53.9 Å². The minimum absolute atomic E-state index is 0.268. The Labute approximate surface area is 105 Å². The highest BCUT2D eigenvalue weighted by molar-refractivity contribution is 6.03. The van der Waals surface area contributed by atoms with E-state index in [-0.39, 0.29) is 5.91 Å². The number of nitrogens with two attached hydrogens (primary N) is 1. The maximum absolute atomic E-state index is 11.9. The zero-order chi connectivity index (χ0) is 13.0. The fourth-order valence-electron chi connectivity index (χ4n) is 1.48. The minimum Gasteiger partial charge on any atom is -0.324 e. The lowest BCUT2D eigenvalue weighted by Gasteiger charge is -2.06. The van der Waals surface area contributed by atoms with E-state index in [9.17, 15) is 4.79 Å². The summed E-state index contributed by atoms with van der Waals surface area (Å²) < 4.78 is 0. The zero-order valence-electron chi connectivity index (χ0n) is 9.97. The van der Waals surface area contributed by atoms with Gasteiger partial charge in [0.15, 0.2) is 0 Å². The maximum atomic E-state index is 11.9. The number of carbonyl (C=O) groups is 1. The third-order valence-corrected chi connectivity index (χ3v) is 2.47. The van der Waals surface area contributed by atoms with Crippen LogP contribution in [0.3, 0.4) is 0 Å². The number of anilines is 2. The third kappa shape index (κ3) is 2.83. The van der Waals surface area contributed by atoms with Gasteiger partial charge in [0.25, 0.3) is 5.91 Å². The first-order valence-corrected chi connectivity index (χ1v) is 5.50. The number of hydrogen-bond acceptors (Lipinski definition) is 4. The molecule has 0 saturated heterocycles. The number of aromatic nitrogens is 1. The van der Waals surface area contributed by atoms with Gasteiger partial charge in [-0.3, -0.25) is 15.6 Å². The van der Waals surface area contributed by atoms with E-state index >= 15 is 0 Å². The van der Waals surface area contributed by atoms with Crippen LogP contribution in [0, 0.1) is 6.92 Å². The van der Waals surface area contributed by atoms with E-state index in [1.807, 2.05) is 31.2 Å². The number of pyridine rings is 1. The molecule has 1 heterocycles. The van der Waals surface area contributed by atoms with Crippen LogP contribution in [-0.4, -0.2) is 10.9 Å². The Bertz CT molecular complexity index is 551. The van der Waals surface area contributed by atoms with Gasteiger partial charge in [-0.25, -0.2) is 0 Å². The summed E-state index contributed by atoms with van der Waals surface area (Å²) in [6.07, 6.45) is 1.53. The molecule has 1 amide bonds. The van der Waals surface area contributed by atoms with Gasteiger partial charge in [-0.1, -0.05) is 17.7 Å². The highest BCUT2D eigenvalue weighted by Gasteiger charge is 2.07. The molecule has 0 bridgehead atoms. The normalized spacial score (nSPS) is 9.89. The van der Waals surface area contributed by atoms with Crippen LogP contribution in [0.4, 0.5) is 11.4 Å². The quantitative estimate of drug-likeness (QED) is 0.567. The van der Waals surface area contributed by atoms with Crippen LogP contribution >= 0.6 is 0 Å². The van der Waals surface area contributed by atoms with E-state index < -0.39 is 0 Å². The van der Waals surface area contributed by atoms with Crippen molar-refractivity contribution in [2.45, 2.75) is 6.92 Å². The molecule has 18 heavy (non-hydrogen) atoms. The number of rotatable bonds is 3. The Morgan fingerprint density at radius 3 is 2.56 bits per heavy atom. The molecule has 4 N–H and O–H groups in total. The van der Waals surface area contributed by atoms with Crippen LogP contribution < -0.4 is 16.6 Å². The summed E-state index contributed by atoms with van der Waals surface area (Å²) in [5.41, 5.74) is 5.30. The highest BCUT2D eigenvalue weighted by Crippen LogP contribution is 2.11. The monoisotopic (exact) mass is 242 g/mol. The molecule has 0 unspecified atom stereocenters. The van der Waals surface area contributed by atoms with Gasteiger partial charge in [-0.05, 0) is 31.2 Å². The van der Waals surface area contributed by atoms with E-state index in [4.69, 9.17) is 5.84 Å². The van der Waals surface area contributed by atoms with Crippen LogP contribution in [0.25, 0.3) is 0 Å². The number of nitrogen functional groups attached to an aromatic ring is 1. The lowest BCUT2D eigenvalue weighted by atomic mass is 10.2. The lowest BCUT2D eigenvalue weighted by Crippen LogP contribution is -2.15. The fourth-order valence-corrected chi connectivity index (χ4v) is 1.48. The largest absolute Gasteiger partial charge is 0.324 e. The van der Waals surface area contributed by atoms with Gasteiger partial charge >= 0.3 is 0 Å². The second-order valence-corrected chi connectivity index (χ2v) is 3.89. The summed E-state index contributed by atoms with van der Waals surface area (Å²) in [5.74, 6) is 5.01. The fraction of sp³-hybridized carbons (Fsp3) is 0.0769. The molecule has 2 aromatic rings. The Morgan fingerprint density at radius 1 is 1.17 bits per heavy atom. The van der Waals surface area contributed by atoms with E-state index in [1.165, 1.54) is 6.20 Å². The van der Waals surface area contributed by atoms with Crippen molar-refractivity contribution in [3.8, 4) is 0 Å². The minimum atomic E-state index is -0.268. The molecule has 0 saturated carbocycles. The summed E-state index contributed by atoms with van der Waals surface area (Å²) in [7, 11) is 0. The van der Waals surface area contributed by atoms with Crippen molar-refractivity contribution in [1.29, 1.82) is 0 Å². The molecule has 0 aliphatic heterocycles. The van der Waals surface area contributed by atoms with Crippen molar-refractivity contribution in [1.82, 2.24) is 4.98 Å². The van der Waals surface area contributed by atoms with Crippen LogP contribution in [0.5, 0.6) is 0 Å². The van der Waals surface area contributed by atoms with Gasteiger partial charge in [0.2, 0.25) is 0 Å². The first-order chi connectivity index (χ1) is 8.69. The number of carbonyl (C=O) groups excluding carboxylic acids is 1. The summed E-state index contributed by atoms with van der Waals surface area (Å²) in [6, 6.07) is 10.8. The Balaban J connectivity index is 2.14. The van der Waals surface area contributed by atoms with Gasteiger partial charge in [-0.15, -0.1) is 0 Å². The van der Waals surface area contributed by atoms with Crippen LogP contribution in [-0.2, 0) is 0 Å². The lowest BCUT2D eigenvalue weighted by molar-refractivity contribution is 0.102. The smallest absolute Gasteiger partial charge is 0.274 e. The molecular weight excluding hydrogens is 228 g/mol. The molecule has 0 fully saturated rings. The number of hydrazine groups is 1. The molecule has 0 aliphatic rings. The Morgan fingerprint density at radius 2 is 1.89 bits per heavy atom. The number of aryl methyl sites for hydroxylation is 1. The highest BCUT2D eigenvalue weighted by atomic mass is 16.1. The number of benzene rings is 1. The number of nitrogens with zero attached hydrogens (tertiary/aromatic N) is 1. The van der Waals surface area contributed by atoms with Gasteiger partial charge in [0.05, 0.1) is 5.69 Å². The van der Waals surface area contributed by atoms with Gasteiger partial charge in [-0.2, -0.15) is 0 Å². The van der Waals surface area contributed by atoms with E-state index in [0.29, 0.717) is 11.4 Å². The predicted octanol–water partition coefficient (Wildman–Crippen LogP) is 1.93.